The summed E-state index contributed by atoms with van der Waals surface area (Å²) in [6.45, 7) is 4.94. The molecule has 0 aromatic carbocycles. The first-order valence-corrected chi connectivity index (χ1v) is 9.56. The molecule has 1 aromatic rings. The van der Waals surface area contributed by atoms with Gasteiger partial charge in [-0.2, -0.15) is 13.2 Å². The molecule has 2 N–H and O–H groups in total. The Hall–Kier alpha value is -2.30. The zero-order valence-corrected chi connectivity index (χ0v) is 17.2. The normalized spacial score (nSPS) is 18.2. The maximum Gasteiger partial charge on any atom is 0.413 e. The van der Waals surface area contributed by atoms with Crippen LogP contribution in [-0.4, -0.2) is 60.0 Å². The number of amides is 1. The molecule has 8 nitrogen and oxygen atoms in total. The van der Waals surface area contributed by atoms with E-state index in [0.29, 0.717) is 11.3 Å². The van der Waals surface area contributed by atoms with Crippen molar-refractivity contribution in [3.63, 3.8) is 0 Å². The summed E-state index contributed by atoms with van der Waals surface area (Å²) < 4.78 is 49.6. The van der Waals surface area contributed by atoms with E-state index in [4.69, 9.17) is 9.47 Å². The molecule has 0 spiro atoms. The van der Waals surface area contributed by atoms with Crippen molar-refractivity contribution in [2.24, 2.45) is 0 Å². The lowest BCUT2D eigenvalue weighted by Gasteiger charge is -2.27. The van der Waals surface area contributed by atoms with E-state index in [9.17, 15) is 22.8 Å². The highest BCUT2D eigenvalue weighted by molar-refractivity contribution is 7.15. The van der Waals surface area contributed by atoms with Gasteiger partial charge < -0.3 is 19.7 Å². The molecule has 12 heteroatoms. The first-order valence-electron chi connectivity index (χ1n) is 8.74. The number of halogens is 3. The maximum absolute atomic E-state index is 13.1. The second-order valence-electron chi connectivity index (χ2n) is 7.33. The van der Waals surface area contributed by atoms with Gasteiger partial charge in [0.25, 0.3) is 0 Å². The molecule has 1 aromatic heterocycles. The van der Waals surface area contributed by atoms with E-state index in [1.165, 1.54) is 18.2 Å². The summed E-state index contributed by atoms with van der Waals surface area (Å²) in [7, 11) is 1.47. The summed E-state index contributed by atoms with van der Waals surface area (Å²) >= 11 is 1.08. The fourth-order valence-electron chi connectivity index (χ4n) is 2.71. The summed E-state index contributed by atoms with van der Waals surface area (Å²) in [5.74, 6) is 1.27. The minimum Gasteiger partial charge on any atom is -0.444 e. The number of anilines is 1. The maximum atomic E-state index is 13.1. The van der Waals surface area contributed by atoms with Crippen LogP contribution < -0.4 is 10.6 Å². The van der Waals surface area contributed by atoms with Gasteiger partial charge >= 0.3 is 12.3 Å². The summed E-state index contributed by atoms with van der Waals surface area (Å²) in [5, 5.41) is 4.89. The number of hydrogen-bond donors (Lipinski definition) is 2. The number of carbonyl (C=O) groups excluding carboxylic acids is 2. The number of ether oxygens (including phenoxy) is 2. The molecule has 1 saturated heterocycles. The third-order valence-electron chi connectivity index (χ3n) is 3.90. The smallest absolute Gasteiger partial charge is 0.413 e. The largest absolute Gasteiger partial charge is 0.444 e. The van der Waals surface area contributed by atoms with Crippen LogP contribution in [0.3, 0.4) is 0 Å². The van der Waals surface area contributed by atoms with Gasteiger partial charge in [-0.15, -0.1) is 0 Å². The molecule has 0 bridgehead atoms. The van der Waals surface area contributed by atoms with Gasteiger partial charge in [-0.25, -0.2) is 14.6 Å². The summed E-state index contributed by atoms with van der Waals surface area (Å²) in [6.07, 6.45) is -3.46. The Morgan fingerprint density at radius 3 is 2.72 bits per heavy atom. The first kappa shape index (κ1) is 23.0. The molecule has 29 heavy (non-hydrogen) atoms. The number of nitrogens with one attached hydrogen (secondary N) is 2. The van der Waals surface area contributed by atoms with Crippen molar-refractivity contribution < 1.29 is 32.2 Å². The van der Waals surface area contributed by atoms with Crippen LogP contribution in [0.25, 0.3) is 0 Å². The lowest BCUT2D eigenvalue weighted by atomic mass is 10.1. The molecule has 1 amide bonds. The number of thiazole rings is 1. The van der Waals surface area contributed by atoms with E-state index >= 15 is 0 Å². The Kier molecular flexibility index (Phi) is 7.15. The fraction of sp³-hybridized carbons (Fsp3) is 0.647. The molecule has 2 atom stereocenters. The van der Waals surface area contributed by atoms with Crippen molar-refractivity contribution in [1.82, 2.24) is 15.2 Å². The SMILES string of the molecule is COCCC(c1cnc(NC(=O)OC(C)(C)C)s1)N1C[C@@H](C(F)(F)F)NC1=C=O. The number of methoxy groups -OCH3 is 1. The lowest BCUT2D eigenvalue weighted by Crippen LogP contribution is -2.39. The highest BCUT2D eigenvalue weighted by Crippen LogP contribution is 2.37. The van der Waals surface area contributed by atoms with Crippen molar-refractivity contribution in [1.29, 1.82) is 0 Å². The number of alkyl halides is 3. The molecule has 162 valence electrons. The monoisotopic (exact) mass is 436 g/mol. The van der Waals surface area contributed by atoms with E-state index in [0.717, 1.165) is 11.3 Å². The van der Waals surface area contributed by atoms with Crippen molar-refractivity contribution in [2.75, 3.05) is 25.6 Å². The minimum atomic E-state index is -4.51. The Bertz CT molecular complexity index is 771. The average molecular weight is 436 g/mol. The van der Waals surface area contributed by atoms with Gasteiger partial charge in [0.2, 0.25) is 0 Å². The van der Waals surface area contributed by atoms with Crippen LogP contribution in [0.4, 0.5) is 23.1 Å². The molecule has 1 aliphatic rings. The molecular weight excluding hydrogens is 413 g/mol. The van der Waals surface area contributed by atoms with E-state index in [2.05, 4.69) is 15.6 Å². The number of carbonyl (C=O) groups is 1. The van der Waals surface area contributed by atoms with Gasteiger partial charge in [-0.1, -0.05) is 11.3 Å². The highest BCUT2D eigenvalue weighted by atomic mass is 32.1. The molecule has 2 rings (SSSR count). The second kappa shape index (κ2) is 9.02. The topological polar surface area (TPSA) is 92.8 Å². The van der Waals surface area contributed by atoms with Gasteiger partial charge in [0.1, 0.15) is 11.6 Å². The van der Waals surface area contributed by atoms with Gasteiger partial charge in [0.05, 0.1) is 6.04 Å². The average Bonchev–Trinajstić information content (AvgIpc) is 3.20. The quantitative estimate of drug-likeness (QED) is 0.662. The molecule has 1 fully saturated rings. The third-order valence-corrected chi connectivity index (χ3v) is 4.91. The van der Waals surface area contributed by atoms with Crippen molar-refractivity contribution in [3.05, 3.63) is 16.9 Å². The predicted octanol–water partition coefficient (Wildman–Crippen LogP) is 3.08. The van der Waals surface area contributed by atoms with E-state index in [1.807, 2.05) is 0 Å². The van der Waals surface area contributed by atoms with Crippen molar-refractivity contribution in [2.45, 2.75) is 51.1 Å². The van der Waals surface area contributed by atoms with Crippen LogP contribution in [0.15, 0.2) is 12.0 Å². The van der Waals surface area contributed by atoms with Crippen LogP contribution in [0.2, 0.25) is 0 Å². The number of rotatable bonds is 6. The molecule has 1 unspecified atom stereocenters. The molecule has 1 aliphatic heterocycles. The summed E-state index contributed by atoms with van der Waals surface area (Å²) in [6, 6.07) is -2.49. The van der Waals surface area contributed by atoms with Crippen LogP contribution >= 0.6 is 11.3 Å². The fourth-order valence-corrected chi connectivity index (χ4v) is 3.66. The Morgan fingerprint density at radius 1 is 1.48 bits per heavy atom. The van der Waals surface area contributed by atoms with Gasteiger partial charge in [0, 0.05) is 31.3 Å². The Labute approximate surface area is 170 Å². The second-order valence-corrected chi connectivity index (χ2v) is 8.40. The molecular formula is C17H23F3N4O4S. The van der Waals surface area contributed by atoms with Crippen LogP contribution in [0, 0.1) is 0 Å². The van der Waals surface area contributed by atoms with Crippen LogP contribution in [-0.2, 0) is 14.3 Å². The molecule has 0 aliphatic carbocycles. The minimum absolute atomic E-state index is 0.229. The van der Waals surface area contributed by atoms with Crippen LogP contribution in [0.5, 0.6) is 0 Å². The lowest BCUT2D eigenvalue weighted by molar-refractivity contribution is -0.150. The predicted molar refractivity (Wildman–Crippen MR) is 100 cm³/mol. The number of nitrogens with zero attached hydrogens (tertiary/aromatic N) is 2. The molecule has 0 saturated carbocycles. The van der Waals surface area contributed by atoms with Gasteiger partial charge in [-0.05, 0) is 27.2 Å². The zero-order chi connectivity index (χ0) is 21.8. The van der Waals surface area contributed by atoms with Crippen molar-refractivity contribution >= 4 is 28.5 Å². The van der Waals surface area contributed by atoms with E-state index in [1.54, 1.807) is 26.7 Å². The molecule has 2 heterocycles. The standard InChI is InChI=1S/C17H23F3N4O4S/c1-16(2,3)28-15(26)23-14-21-7-11(29-14)10(5-6-27-4)24-8-12(17(18,19)20)22-13(24)9-25/h7,10,12,22H,5-6,8H2,1-4H3,(H,21,23,26)/t10?,12-/m0/s1. The first-order chi connectivity index (χ1) is 13.4. The molecule has 0 radical (unpaired) electrons. The third kappa shape index (κ3) is 6.34. The summed E-state index contributed by atoms with van der Waals surface area (Å²) in [5.41, 5.74) is -0.692. The Morgan fingerprint density at radius 2 is 2.17 bits per heavy atom. The van der Waals surface area contributed by atoms with Crippen molar-refractivity contribution in [3.8, 4) is 0 Å². The number of aromatic nitrogens is 1. The van der Waals surface area contributed by atoms with E-state index in [-0.39, 0.29) is 17.6 Å². The Balaban J connectivity index is 2.21. The van der Waals surface area contributed by atoms with Gasteiger partial charge in [-0.3, -0.25) is 5.32 Å². The van der Waals surface area contributed by atoms with Crippen LogP contribution in [0.1, 0.15) is 38.1 Å². The highest BCUT2D eigenvalue weighted by Gasteiger charge is 2.47. The van der Waals surface area contributed by atoms with E-state index < -0.39 is 36.5 Å². The number of hydrogen-bond acceptors (Lipinski definition) is 8. The van der Waals surface area contributed by atoms with Gasteiger partial charge in [0.15, 0.2) is 16.9 Å². The summed E-state index contributed by atoms with van der Waals surface area (Å²) in [4.78, 5) is 29.1. The zero-order valence-electron chi connectivity index (χ0n) is 16.4.